The van der Waals surface area contributed by atoms with Crippen LogP contribution < -0.4 is 10.1 Å². The van der Waals surface area contributed by atoms with E-state index >= 15 is 0 Å². The lowest BCUT2D eigenvalue weighted by Gasteiger charge is -2.12. The second-order valence-electron chi connectivity index (χ2n) is 9.21. The molecule has 4 aromatic rings. The number of nitrogens with one attached hydrogen (secondary N) is 1. The van der Waals surface area contributed by atoms with E-state index < -0.39 is 0 Å². The van der Waals surface area contributed by atoms with Crippen molar-refractivity contribution in [2.24, 2.45) is 0 Å². The number of fused-ring (bicyclic) bond motifs is 1. The van der Waals surface area contributed by atoms with Gasteiger partial charge in [-0.25, -0.2) is 0 Å². The van der Waals surface area contributed by atoms with Crippen molar-refractivity contribution in [3.05, 3.63) is 102 Å². The summed E-state index contributed by atoms with van der Waals surface area (Å²) in [6, 6.07) is 24.1. The van der Waals surface area contributed by atoms with Gasteiger partial charge < -0.3 is 19.4 Å². The molecule has 1 heterocycles. The Kier molecular flexibility index (Phi) is 8.98. The number of benzene rings is 3. The zero-order valence-electron chi connectivity index (χ0n) is 22.2. The minimum atomic E-state index is -0.237. The number of aromatic nitrogens is 1. The SMILES string of the molecule is CCOC(=O)CCCOc1ccccc1NC(=O)/C=C(\C)c1ccc2c(ccn2Cc2ccccc2C)c1. The van der Waals surface area contributed by atoms with Crippen LogP contribution in [0.2, 0.25) is 0 Å². The lowest BCUT2D eigenvalue weighted by Crippen LogP contribution is -2.11. The van der Waals surface area contributed by atoms with Crippen LogP contribution in [0.3, 0.4) is 0 Å². The number of amides is 1. The summed E-state index contributed by atoms with van der Waals surface area (Å²) in [5.74, 6) is 0.0915. The molecule has 0 radical (unpaired) electrons. The summed E-state index contributed by atoms with van der Waals surface area (Å²) >= 11 is 0. The van der Waals surface area contributed by atoms with Gasteiger partial charge in [0.05, 0.1) is 18.9 Å². The Balaban J connectivity index is 1.40. The highest BCUT2D eigenvalue weighted by Gasteiger charge is 2.10. The van der Waals surface area contributed by atoms with Gasteiger partial charge in [-0.1, -0.05) is 42.5 Å². The van der Waals surface area contributed by atoms with Crippen molar-refractivity contribution < 1.29 is 19.1 Å². The minimum Gasteiger partial charge on any atom is -0.491 e. The molecule has 0 spiro atoms. The lowest BCUT2D eigenvalue weighted by molar-refractivity contribution is -0.143. The number of para-hydroxylation sites is 2. The van der Waals surface area contributed by atoms with Gasteiger partial charge in [-0.15, -0.1) is 0 Å². The van der Waals surface area contributed by atoms with Crippen molar-refractivity contribution in [2.45, 2.75) is 40.2 Å². The molecule has 0 bridgehead atoms. The van der Waals surface area contributed by atoms with E-state index in [1.54, 1.807) is 25.1 Å². The summed E-state index contributed by atoms with van der Waals surface area (Å²) < 4.78 is 13.0. The molecule has 0 aliphatic heterocycles. The fourth-order valence-corrected chi connectivity index (χ4v) is 4.33. The molecule has 0 saturated carbocycles. The van der Waals surface area contributed by atoms with E-state index in [1.807, 2.05) is 19.1 Å². The number of anilines is 1. The third kappa shape index (κ3) is 6.91. The molecule has 0 fully saturated rings. The molecule has 196 valence electrons. The first kappa shape index (κ1) is 26.7. The first-order chi connectivity index (χ1) is 18.4. The number of hydrogen-bond acceptors (Lipinski definition) is 4. The van der Waals surface area contributed by atoms with E-state index in [2.05, 4.69) is 71.5 Å². The molecule has 1 amide bonds. The maximum atomic E-state index is 12.8. The van der Waals surface area contributed by atoms with Crippen molar-refractivity contribution in [3.8, 4) is 5.75 Å². The molecule has 0 aliphatic rings. The van der Waals surface area contributed by atoms with Gasteiger partial charge in [-0.3, -0.25) is 9.59 Å². The highest BCUT2D eigenvalue weighted by molar-refractivity contribution is 6.04. The van der Waals surface area contributed by atoms with Gasteiger partial charge in [-0.2, -0.15) is 0 Å². The first-order valence-corrected chi connectivity index (χ1v) is 12.9. The van der Waals surface area contributed by atoms with Crippen LogP contribution in [0.25, 0.3) is 16.5 Å². The van der Waals surface area contributed by atoms with Gasteiger partial charge in [0, 0.05) is 36.1 Å². The molecular weight excluding hydrogens is 476 g/mol. The quantitative estimate of drug-likeness (QED) is 0.137. The van der Waals surface area contributed by atoms with Crippen LogP contribution in [-0.4, -0.2) is 29.7 Å². The van der Waals surface area contributed by atoms with E-state index in [0.717, 1.165) is 28.6 Å². The van der Waals surface area contributed by atoms with Crippen LogP contribution in [0.1, 0.15) is 43.4 Å². The standard InChI is InChI=1S/C32H34N2O4/c1-4-37-32(36)14-9-19-38-30-13-8-7-12-28(30)33-31(35)20-24(3)25-15-16-29-26(21-25)17-18-34(29)22-27-11-6-5-10-23(27)2/h5-8,10-13,15-18,20-21H,4,9,14,19,22H2,1-3H3,(H,33,35)/b24-20+. The molecule has 0 atom stereocenters. The average molecular weight is 511 g/mol. The predicted octanol–water partition coefficient (Wildman–Crippen LogP) is 6.76. The molecule has 1 aromatic heterocycles. The van der Waals surface area contributed by atoms with Crippen LogP contribution in [0.5, 0.6) is 5.75 Å². The van der Waals surface area contributed by atoms with Gasteiger partial charge in [0.2, 0.25) is 5.91 Å². The van der Waals surface area contributed by atoms with Crippen molar-refractivity contribution in [2.75, 3.05) is 18.5 Å². The van der Waals surface area contributed by atoms with Crippen molar-refractivity contribution in [3.63, 3.8) is 0 Å². The predicted molar refractivity (Wildman–Crippen MR) is 152 cm³/mol. The second-order valence-corrected chi connectivity index (χ2v) is 9.21. The molecular formula is C32H34N2O4. The Hall–Kier alpha value is -4.32. The van der Waals surface area contributed by atoms with Crippen LogP contribution in [-0.2, 0) is 20.9 Å². The number of allylic oxidation sites excluding steroid dienone is 1. The maximum absolute atomic E-state index is 12.8. The van der Waals surface area contributed by atoms with Crippen LogP contribution in [0, 0.1) is 6.92 Å². The molecule has 38 heavy (non-hydrogen) atoms. The van der Waals surface area contributed by atoms with E-state index in [0.29, 0.717) is 37.5 Å². The molecule has 1 N–H and O–H groups in total. The molecule has 3 aromatic carbocycles. The zero-order chi connectivity index (χ0) is 26.9. The number of nitrogens with zero attached hydrogens (tertiary/aromatic N) is 1. The summed E-state index contributed by atoms with van der Waals surface area (Å²) in [7, 11) is 0. The number of esters is 1. The molecule has 6 nitrogen and oxygen atoms in total. The number of carbonyl (C=O) groups is 2. The summed E-state index contributed by atoms with van der Waals surface area (Å²) in [4.78, 5) is 24.3. The number of hydrogen-bond donors (Lipinski definition) is 1. The van der Waals surface area contributed by atoms with Crippen LogP contribution >= 0.6 is 0 Å². The first-order valence-electron chi connectivity index (χ1n) is 12.9. The Morgan fingerprint density at radius 3 is 2.61 bits per heavy atom. The Bertz CT molecular complexity index is 1450. The van der Waals surface area contributed by atoms with E-state index in [4.69, 9.17) is 9.47 Å². The zero-order valence-corrected chi connectivity index (χ0v) is 22.2. The number of carbonyl (C=O) groups excluding carboxylic acids is 2. The van der Waals surface area contributed by atoms with Gasteiger partial charge in [0.1, 0.15) is 5.75 Å². The highest BCUT2D eigenvalue weighted by Crippen LogP contribution is 2.26. The fourth-order valence-electron chi connectivity index (χ4n) is 4.33. The third-order valence-corrected chi connectivity index (χ3v) is 6.41. The lowest BCUT2D eigenvalue weighted by atomic mass is 10.0. The average Bonchev–Trinajstić information content (AvgIpc) is 3.31. The van der Waals surface area contributed by atoms with Gasteiger partial charge in [0.15, 0.2) is 0 Å². The van der Waals surface area contributed by atoms with Crippen LogP contribution in [0.15, 0.2) is 85.1 Å². The largest absolute Gasteiger partial charge is 0.491 e. The summed E-state index contributed by atoms with van der Waals surface area (Å²) in [5, 5.41) is 4.05. The smallest absolute Gasteiger partial charge is 0.305 e. The number of ether oxygens (including phenoxy) is 2. The molecule has 4 rings (SSSR count). The minimum absolute atomic E-state index is 0.234. The van der Waals surface area contributed by atoms with Crippen LogP contribution in [0.4, 0.5) is 5.69 Å². The van der Waals surface area contributed by atoms with Crippen molar-refractivity contribution >= 4 is 34.0 Å². The highest BCUT2D eigenvalue weighted by atomic mass is 16.5. The summed E-state index contributed by atoms with van der Waals surface area (Å²) in [6.07, 6.45) is 4.54. The summed E-state index contributed by atoms with van der Waals surface area (Å²) in [5.41, 5.74) is 6.17. The molecule has 0 unspecified atom stereocenters. The van der Waals surface area contributed by atoms with Crippen molar-refractivity contribution in [1.29, 1.82) is 0 Å². The summed E-state index contributed by atoms with van der Waals surface area (Å²) in [6.45, 7) is 7.39. The Morgan fingerprint density at radius 2 is 1.79 bits per heavy atom. The molecule has 0 saturated heterocycles. The van der Waals surface area contributed by atoms with Gasteiger partial charge in [-0.05, 0) is 79.8 Å². The molecule has 6 heteroatoms. The van der Waals surface area contributed by atoms with Gasteiger partial charge in [0.25, 0.3) is 0 Å². The Labute approximate surface area is 223 Å². The fraction of sp³-hybridized carbons (Fsp3) is 0.250. The number of aryl methyl sites for hydroxylation is 1. The second kappa shape index (κ2) is 12.8. The molecule has 0 aliphatic carbocycles. The Morgan fingerprint density at radius 1 is 1.00 bits per heavy atom. The van der Waals surface area contributed by atoms with E-state index in [1.165, 1.54) is 11.1 Å². The normalized spacial score (nSPS) is 11.4. The number of rotatable bonds is 11. The monoisotopic (exact) mass is 510 g/mol. The topological polar surface area (TPSA) is 69.6 Å². The van der Waals surface area contributed by atoms with E-state index in [-0.39, 0.29) is 11.9 Å². The maximum Gasteiger partial charge on any atom is 0.305 e. The van der Waals surface area contributed by atoms with E-state index in [9.17, 15) is 9.59 Å². The third-order valence-electron chi connectivity index (χ3n) is 6.41. The van der Waals surface area contributed by atoms with Gasteiger partial charge >= 0.3 is 5.97 Å². The van der Waals surface area contributed by atoms with Crippen molar-refractivity contribution in [1.82, 2.24) is 4.57 Å².